The summed E-state index contributed by atoms with van der Waals surface area (Å²) >= 11 is 1.57. The molecule has 0 aliphatic heterocycles. The summed E-state index contributed by atoms with van der Waals surface area (Å²) in [6.07, 6.45) is 5.90. The molecule has 1 rings (SSSR count). The van der Waals surface area contributed by atoms with Crippen molar-refractivity contribution in [1.29, 1.82) is 0 Å². The maximum absolute atomic E-state index is 2.35. The van der Waals surface area contributed by atoms with Gasteiger partial charge in [-0.05, 0) is 0 Å². The van der Waals surface area contributed by atoms with Gasteiger partial charge in [-0.1, -0.05) is 0 Å². The number of hydrogen-bond donors (Lipinski definition) is 0. The largest absolute Gasteiger partial charge is 1.00 e. The van der Waals surface area contributed by atoms with Crippen LogP contribution < -0.4 is 24.8 Å². The van der Waals surface area contributed by atoms with Crippen LogP contribution in [0.3, 0.4) is 0 Å². The second-order valence-electron chi connectivity index (χ2n) is 3.78. The van der Waals surface area contributed by atoms with Gasteiger partial charge in [0.1, 0.15) is 0 Å². The Morgan fingerprint density at radius 3 is 1.92 bits per heavy atom. The van der Waals surface area contributed by atoms with E-state index in [0.29, 0.717) is 5.41 Å². The maximum Gasteiger partial charge on any atom is -1.00 e. The number of halogens is 2. The number of rotatable bonds is 0. The van der Waals surface area contributed by atoms with Crippen molar-refractivity contribution >= 4 is 0 Å². The van der Waals surface area contributed by atoms with Crippen molar-refractivity contribution in [3.63, 3.8) is 0 Å². The summed E-state index contributed by atoms with van der Waals surface area (Å²) in [5, 5.41) is 0. The minimum atomic E-state index is 0. The van der Waals surface area contributed by atoms with E-state index >= 15 is 0 Å². The molecular weight excluding hydrogens is 270 g/mol. The summed E-state index contributed by atoms with van der Waals surface area (Å²) in [5.41, 5.74) is 1.87. The summed E-state index contributed by atoms with van der Waals surface area (Å²) in [6.45, 7) is 6.80. The summed E-state index contributed by atoms with van der Waals surface area (Å²) < 4.78 is 1.58. The molecular formula is C9H13Cl2Zr. The molecule has 0 unspecified atom stereocenters. The third-order valence-electron chi connectivity index (χ3n) is 1.74. The zero-order valence-electron chi connectivity index (χ0n) is 7.62. The topological polar surface area (TPSA) is 0 Å². The molecule has 0 aromatic rings. The van der Waals surface area contributed by atoms with Crippen molar-refractivity contribution in [2.45, 2.75) is 27.2 Å². The van der Waals surface area contributed by atoms with Crippen molar-refractivity contribution < 1.29 is 49.5 Å². The van der Waals surface area contributed by atoms with Gasteiger partial charge in [0, 0.05) is 0 Å². The smallest absolute Gasteiger partial charge is 1.00 e. The third kappa shape index (κ3) is 4.26. The fourth-order valence-electron chi connectivity index (χ4n) is 1.05. The van der Waals surface area contributed by atoms with Crippen LogP contribution in [0.2, 0.25) is 0 Å². The molecule has 0 nitrogen and oxygen atoms in total. The summed E-state index contributed by atoms with van der Waals surface area (Å²) in [5.74, 6) is 0. The van der Waals surface area contributed by atoms with E-state index in [1.165, 1.54) is 12.0 Å². The standard InChI is InChI=1S/C9H13.2ClH.Zr/c1-9(2,3)8-6-4-5-7-8;;;/h6-7H,4H2,1-3H3;2*1H;/q;;;+2/p-2. The third-order valence-corrected chi connectivity index (χ3v) is 2.59. The van der Waals surface area contributed by atoms with E-state index in [2.05, 4.69) is 32.9 Å². The van der Waals surface area contributed by atoms with Crippen molar-refractivity contribution in [3.8, 4) is 0 Å². The number of hydrogen-bond acceptors (Lipinski definition) is 0. The van der Waals surface area contributed by atoms with Crippen molar-refractivity contribution in [2.75, 3.05) is 0 Å². The molecule has 0 saturated carbocycles. The molecule has 0 saturated heterocycles. The van der Waals surface area contributed by atoms with E-state index in [-0.39, 0.29) is 24.8 Å². The molecule has 1 aliphatic carbocycles. The van der Waals surface area contributed by atoms with Gasteiger partial charge in [-0.25, -0.2) is 0 Å². The zero-order chi connectivity index (χ0) is 7.78. The summed E-state index contributed by atoms with van der Waals surface area (Å²) in [4.78, 5) is 0. The minimum absolute atomic E-state index is 0. The second kappa shape index (κ2) is 5.63. The van der Waals surface area contributed by atoms with E-state index in [0.717, 1.165) is 0 Å². The summed E-state index contributed by atoms with van der Waals surface area (Å²) in [7, 11) is 0. The Morgan fingerprint density at radius 2 is 1.75 bits per heavy atom. The van der Waals surface area contributed by atoms with Crippen LogP contribution in [-0.2, 0) is 24.7 Å². The Labute approximate surface area is 103 Å². The van der Waals surface area contributed by atoms with Gasteiger partial charge < -0.3 is 24.8 Å². The molecule has 12 heavy (non-hydrogen) atoms. The van der Waals surface area contributed by atoms with Crippen LogP contribution in [0.15, 0.2) is 21.0 Å². The molecule has 67 valence electrons. The quantitative estimate of drug-likeness (QED) is 0.439. The predicted molar refractivity (Wildman–Crippen MR) is 40.2 cm³/mol. The van der Waals surface area contributed by atoms with E-state index < -0.39 is 0 Å². The first-order chi connectivity index (χ1) is 4.50. The normalized spacial score (nSPS) is 15.8. The molecule has 0 spiro atoms. The average Bonchev–Trinajstić information content (AvgIpc) is 2.11. The van der Waals surface area contributed by atoms with Crippen LogP contribution in [0.4, 0.5) is 0 Å². The van der Waals surface area contributed by atoms with Gasteiger partial charge in [-0.3, -0.25) is 0 Å². The molecule has 0 bridgehead atoms. The first kappa shape index (κ1) is 15.4. The maximum atomic E-state index is 2.35. The van der Waals surface area contributed by atoms with Crippen molar-refractivity contribution in [2.24, 2.45) is 5.41 Å². The van der Waals surface area contributed by atoms with Gasteiger partial charge in [0.2, 0.25) is 0 Å². The van der Waals surface area contributed by atoms with Crippen LogP contribution in [-0.4, -0.2) is 0 Å². The van der Waals surface area contributed by atoms with Crippen LogP contribution in [0.5, 0.6) is 0 Å². The second-order valence-corrected chi connectivity index (χ2v) is 5.36. The molecule has 0 amide bonds. The van der Waals surface area contributed by atoms with Gasteiger partial charge >= 0.3 is 78.3 Å². The van der Waals surface area contributed by atoms with Crippen LogP contribution in [0, 0.1) is 5.41 Å². The predicted octanol–water partition coefficient (Wildman–Crippen LogP) is -3.20. The van der Waals surface area contributed by atoms with E-state index in [1.54, 1.807) is 28.0 Å². The SMILES string of the molecule is CC(C)(C)C1=CC[C]([Zr+2])=C1.[Cl-].[Cl-]. The molecule has 1 aliphatic rings. The van der Waals surface area contributed by atoms with Crippen molar-refractivity contribution in [3.05, 3.63) is 21.0 Å². The first-order valence-electron chi connectivity index (χ1n) is 3.63. The molecule has 0 heterocycles. The summed E-state index contributed by atoms with van der Waals surface area (Å²) in [6, 6.07) is 0. The molecule has 0 N–H and O–H groups in total. The van der Waals surface area contributed by atoms with Gasteiger partial charge in [-0.15, -0.1) is 0 Å². The minimum Gasteiger partial charge on any atom is -1.00 e. The molecule has 0 aromatic carbocycles. The Balaban J connectivity index is 0. The molecule has 3 heteroatoms. The first-order valence-corrected chi connectivity index (χ1v) is 4.86. The Morgan fingerprint density at radius 1 is 1.25 bits per heavy atom. The van der Waals surface area contributed by atoms with Crippen LogP contribution >= 0.6 is 0 Å². The van der Waals surface area contributed by atoms with Gasteiger partial charge in [0.05, 0.1) is 0 Å². The fraction of sp³-hybridized carbons (Fsp3) is 0.556. The van der Waals surface area contributed by atoms with Crippen LogP contribution in [0.1, 0.15) is 27.2 Å². The fourth-order valence-corrected chi connectivity index (χ4v) is 1.68. The van der Waals surface area contributed by atoms with E-state index in [1.807, 2.05) is 0 Å². The van der Waals surface area contributed by atoms with Crippen molar-refractivity contribution in [1.82, 2.24) is 0 Å². The average molecular weight is 283 g/mol. The van der Waals surface area contributed by atoms with E-state index in [9.17, 15) is 0 Å². The van der Waals surface area contributed by atoms with Gasteiger partial charge in [0.15, 0.2) is 0 Å². The number of allylic oxidation sites excluding steroid dienone is 4. The van der Waals surface area contributed by atoms with Gasteiger partial charge in [-0.2, -0.15) is 0 Å². The molecule has 0 aromatic heterocycles. The Bertz CT molecular complexity index is 199. The molecule has 0 atom stereocenters. The zero-order valence-corrected chi connectivity index (χ0v) is 11.6. The van der Waals surface area contributed by atoms with Crippen LogP contribution in [0.25, 0.3) is 0 Å². The Kier molecular flexibility index (Phi) is 7.23. The monoisotopic (exact) mass is 281 g/mol. The van der Waals surface area contributed by atoms with E-state index in [4.69, 9.17) is 0 Å². The Hall–Kier alpha value is 0.943. The molecule has 0 fully saturated rings. The molecule has 0 radical (unpaired) electrons. The van der Waals surface area contributed by atoms with Gasteiger partial charge in [0.25, 0.3) is 0 Å².